The van der Waals surface area contributed by atoms with Gasteiger partial charge in [0.1, 0.15) is 0 Å². The highest BCUT2D eigenvalue weighted by Crippen LogP contribution is 2.33. The average molecular weight is 443 g/mol. The second-order valence-corrected chi connectivity index (χ2v) is 9.81. The van der Waals surface area contributed by atoms with Crippen LogP contribution in [0.3, 0.4) is 0 Å². The van der Waals surface area contributed by atoms with Crippen LogP contribution in [0.1, 0.15) is 22.3 Å². The highest BCUT2D eigenvalue weighted by molar-refractivity contribution is 7.99. The average Bonchev–Trinajstić information content (AvgIpc) is 2.95. The molecule has 0 saturated carbocycles. The molecule has 150 valence electrons. The van der Waals surface area contributed by atoms with Crippen molar-refractivity contribution in [2.24, 2.45) is 0 Å². The Kier molecular flexibility index (Phi) is 5.91. The molecule has 1 unspecified atom stereocenters. The summed E-state index contributed by atoms with van der Waals surface area (Å²) in [6, 6.07) is 8.53. The molecule has 1 heterocycles. The molecule has 3 rings (SSSR count). The van der Waals surface area contributed by atoms with E-state index in [0.29, 0.717) is 39.9 Å². The van der Waals surface area contributed by atoms with Crippen LogP contribution in [0.2, 0.25) is 10.0 Å². The van der Waals surface area contributed by atoms with Gasteiger partial charge in [-0.1, -0.05) is 23.2 Å². The summed E-state index contributed by atoms with van der Waals surface area (Å²) in [5.74, 6) is -0.197. The predicted octanol–water partition coefficient (Wildman–Crippen LogP) is 4.72. The number of carbonyl (C=O) groups excluding carboxylic acids is 1. The maximum Gasteiger partial charge on any atom is 0.313 e. The molecule has 0 radical (unpaired) electrons. The normalized spacial score (nSPS) is 19.0. The van der Waals surface area contributed by atoms with Gasteiger partial charge < -0.3 is 10.2 Å². The van der Waals surface area contributed by atoms with Gasteiger partial charge in [-0.15, -0.1) is 0 Å². The molecule has 1 saturated heterocycles. The molecule has 1 aliphatic heterocycles. The summed E-state index contributed by atoms with van der Waals surface area (Å²) in [5, 5.41) is 3.61. The predicted molar refractivity (Wildman–Crippen MR) is 117 cm³/mol. The van der Waals surface area contributed by atoms with Crippen LogP contribution in [-0.2, 0) is 14.6 Å². The van der Waals surface area contributed by atoms with Crippen molar-refractivity contribution in [1.29, 1.82) is 0 Å². The summed E-state index contributed by atoms with van der Waals surface area (Å²) in [4.78, 5) is 14.8. The topological polar surface area (TPSA) is 72.9 Å². The molecule has 1 atom stereocenters. The lowest BCUT2D eigenvalue weighted by Gasteiger charge is -2.18. The van der Waals surface area contributed by atoms with Crippen LogP contribution in [0.4, 0.5) is 17.1 Å². The number of hydrogen-bond donors (Lipinski definition) is 2. The summed E-state index contributed by atoms with van der Waals surface area (Å²) < 4.78 is 23.9. The fourth-order valence-corrected chi connectivity index (χ4v) is 5.10. The number of nitrogens with zero attached hydrogens (tertiary/aromatic N) is 2. The fraction of sp³-hybridized carbons (Fsp3) is 0.316. The zero-order valence-corrected chi connectivity index (χ0v) is 18.2. The summed E-state index contributed by atoms with van der Waals surface area (Å²) in [5.41, 5.74) is 2.79. The SMILES string of the molecule is Cc1cc(N2CCC[S+]2(=O)O)cc(C(=O)Nc2cc(Cl)cc(N(C)C)c2)c1Cl. The Morgan fingerprint density at radius 3 is 2.54 bits per heavy atom. The maximum absolute atomic E-state index is 12.9. The molecule has 9 heteroatoms. The number of nitrogens with one attached hydrogen (secondary N) is 1. The first-order chi connectivity index (χ1) is 13.1. The molecular formula is C19H22Cl2N3O3S+. The minimum atomic E-state index is -3.11. The van der Waals surface area contributed by atoms with Crippen LogP contribution in [0, 0.1) is 6.92 Å². The number of rotatable bonds is 4. The number of carbonyl (C=O) groups is 1. The van der Waals surface area contributed by atoms with E-state index in [0.717, 1.165) is 5.69 Å². The molecule has 2 aromatic carbocycles. The molecule has 2 N–H and O–H groups in total. The third-order valence-corrected chi connectivity index (χ3v) is 7.17. The van der Waals surface area contributed by atoms with Gasteiger partial charge in [-0.3, -0.25) is 4.79 Å². The second-order valence-electron chi connectivity index (χ2n) is 6.94. The molecule has 1 amide bonds. The van der Waals surface area contributed by atoms with Crippen molar-refractivity contribution in [2.45, 2.75) is 13.3 Å². The molecule has 6 nitrogen and oxygen atoms in total. The number of aryl methyl sites for hydroxylation is 1. The van der Waals surface area contributed by atoms with Crippen LogP contribution in [-0.4, -0.2) is 36.9 Å². The highest BCUT2D eigenvalue weighted by Gasteiger charge is 2.41. The first-order valence-corrected chi connectivity index (χ1v) is 11.1. The molecule has 1 fully saturated rings. The summed E-state index contributed by atoms with van der Waals surface area (Å²) >= 11 is 12.5. The number of anilines is 3. The van der Waals surface area contributed by atoms with Crippen molar-refractivity contribution in [3.05, 3.63) is 51.5 Å². The minimum absolute atomic E-state index is 0.214. The van der Waals surface area contributed by atoms with Gasteiger partial charge in [0.15, 0.2) is 5.75 Å². The molecule has 1 aliphatic rings. The minimum Gasteiger partial charge on any atom is -0.378 e. The van der Waals surface area contributed by atoms with Gasteiger partial charge >= 0.3 is 10.4 Å². The lowest BCUT2D eigenvalue weighted by Crippen LogP contribution is -2.31. The lowest BCUT2D eigenvalue weighted by molar-refractivity contribution is 0.102. The van der Waals surface area contributed by atoms with Crippen molar-refractivity contribution in [3.8, 4) is 0 Å². The van der Waals surface area contributed by atoms with Crippen molar-refractivity contribution in [2.75, 3.05) is 40.9 Å². The summed E-state index contributed by atoms with van der Waals surface area (Å²) in [6.07, 6.45) is 0.619. The molecule has 0 aliphatic carbocycles. The van der Waals surface area contributed by atoms with E-state index in [2.05, 4.69) is 5.32 Å². The third kappa shape index (κ3) is 4.27. The Labute approximate surface area is 175 Å². The van der Waals surface area contributed by atoms with E-state index in [1.165, 1.54) is 4.31 Å². The number of amides is 1. The molecule has 0 spiro atoms. The lowest BCUT2D eigenvalue weighted by atomic mass is 10.1. The van der Waals surface area contributed by atoms with Crippen molar-refractivity contribution >= 4 is 56.6 Å². The van der Waals surface area contributed by atoms with E-state index in [1.807, 2.05) is 19.0 Å². The van der Waals surface area contributed by atoms with Gasteiger partial charge in [0, 0.05) is 36.9 Å². The van der Waals surface area contributed by atoms with Crippen molar-refractivity contribution < 1.29 is 13.6 Å². The maximum atomic E-state index is 12.9. The van der Waals surface area contributed by atoms with Crippen molar-refractivity contribution in [3.63, 3.8) is 0 Å². The number of benzene rings is 2. The van der Waals surface area contributed by atoms with Gasteiger partial charge in [-0.05, 0) is 47.0 Å². The highest BCUT2D eigenvalue weighted by atomic mass is 35.5. The Hall–Kier alpha value is -1.80. The third-order valence-electron chi connectivity index (χ3n) is 4.54. The zero-order chi connectivity index (χ0) is 20.6. The van der Waals surface area contributed by atoms with E-state index in [1.54, 1.807) is 37.3 Å². The van der Waals surface area contributed by atoms with Gasteiger partial charge in [0.2, 0.25) is 0 Å². The van der Waals surface area contributed by atoms with E-state index in [9.17, 15) is 13.6 Å². The van der Waals surface area contributed by atoms with Crippen molar-refractivity contribution in [1.82, 2.24) is 0 Å². The zero-order valence-electron chi connectivity index (χ0n) is 15.8. The Morgan fingerprint density at radius 2 is 1.93 bits per heavy atom. The smallest absolute Gasteiger partial charge is 0.313 e. The van der Waals surface area contributed by atoms with Gasteiger partial charge in [0.05, 0.1) is 22.8 Å². The molecule has 2 aromatic rings. The molecular weight excluding hydrogens is 421 g/mol. The summed E-state index contributed by atoms with van der Waals surface area (Å²) in [7, 11) is 0.650. The Balaban J connectivity index is 1.95. The molecule has 0 bridgehead atoms. The quantitative estimate of drug-likeness (QED) is 0.671. The van der Waals surface area contributed by atoms with Crippen LogP contribution in [0.25, 0.3) is 0 Å². The van der Waals surface area contributed by atoms with Crippen LogP contribution in [0.5, 0.6) is 0 Å². The van der Waals surface area contributed by atoms with Crippen LogP contribution in [0.15, 0.2) is 30.3 Å². The van der Waals surface area contributed by atoms with E-state index >= 15 is 0 Å². The monoisotopic (exact) mass is 442 g/mol. The van der Waals surface area contributed by atoms with E-state index in [4.69, 9.17) is 23.2 Å². The second kappa shape index (κ2) is 7.91. The number of hydrogen-bond acceptors (Lipinski definition) is 3. The van der Waals surface area contributed by atoms with E-state index < -0.39 is 16.3 Å². The van der Waals surface area contributed by atoms with Gasteiger partial charge in [-0.2, -0.15) is 8.86 Å². The molecule has 28 heavy (non-hydrogen) atoms. The summed E-state index contributed by atoms with van der Waals surface area (Å²) in [6.45, 7) is 2.22. The van der Waals surface area contributed by atoms with Gasteiger partial charge in [-0.25, -0.2) is 0 Å². The Bertz CT molecular complexity index is 981. The Morgan fingerprint density at radius 1 is 1.21 bits per heavy atom. The van der Waals surface area contributed by atoms with Crippen LogP contribution >= 0.6 is 23.2 Å². The molecule has 0 aromatic heterocycles. The number of halogens is 2. The van der Waals surface area contributed by atoms with E-state index in [-0.39, 0.29) is 11.3 Å². The largest absolute Gasteiger partial charge is 0.378 e. The van der Waals surface area contributed by atoms with Crippen LogP contribution < -0.4 is 14.5 Å². The standard InChI is InChI=1S/C19H21Cl2N3O3S/c1-12-7-16(24-5-4-6-28(24,26)27)11-17(18(12)21)19(25)22-14-8-13(20)9-15(10-14)23(2)3/h7-11H,4-6H2,1-3H3,(H-,22,25,26,27)/p+1. The first kappa shape index (κ1) is 20.9. The first-order valence-electron chi connectivity index (χ1n) is 8.70. The van der Waals surface area contributed by atoms with Gasteiger partial charge in [0.25, 0.3) is 5.91 Å². The fourth-order valence-electron chi connectivity index (χ4n) is 3.11.